The molecule has 0 aliphatic carbocycles. The number of nitrogen functional groups attached to an aromatic ring is 1. The zero-order valence-corrected chi connectivity index (χ0v) is 19.7. The first-order chi connectivity index (χ1) is 17.6. The van der Waals surface area contributed by atoms with Crippen LogP contribution >= 0.6 is 0 Å². The van der Waals surface area contributed by atoms with Gasteiger partial charge in [0.25, 0.3) is 0 Å². The second kappa shape index (κ2) is 10.0. The summed E-state index contributed by atoms with van der Waals surface area (Å²) in [5.74, 6) is -0.934. The van der Waals surface area contributed by atoms with Gasteiger partial charge in [0.1, 0.15) is 6.04 Å². The highest BCUT2D eigenvalue weighted by Crippen LogP contribution is 2.37. The molecule has 4 N–H and O–H groups in total. The molecule has 1 heterocycles. The monoisotopic (exact) mass is 473 g/mol. The summed E-state index contributed by atoms with van der Waals surface area (Å²) >= 11 is 0. The number of aromatic nitrogens is 1. The van der Waals surface area contributed by atoms with Gasteiger partial charge in [-0.2, -0.15) is 0 Å². The van der Waals surface area contributed by atoms with Gasteiger partial charge in [-0.05, 0) is 40.8 Å². The Kier molecular flexibility index (Phi) is 6.48. The molecule has 5 rings (SSSR count). The fourth-order valence-electron chi connectivity index (χ4n) is 4.93. The molecule has 5 nitrogen and oxygen atoms in total. The smallest absolute Gasteiger partial charge is 0.321 e. The molecule has 178 valence electrons. The molecule has 0 saturated heterocycles. The third-order valence-electron chi connectivity index (χ3n) is 6.62. The summed E-state index contributed by atoms with van der Waals surface area (Å²) in [5.41, 5.74) is 10.2. The van der Waals surface area contributed by atoms with Crippen molar-refractivity contribution in [1.82, 2.24) is 10.3 Å². The molecule has 5 heteroatoms. The molecular formula is C31H27N3O2. The molecule has 0 amide bonds. The van der Waals surface area contributed by atoms with Crippen LogP contribution in [0.5, 0.6) is 0 Å². The molecule has 0 saturated carbocycles. The van der Waals surface area contributed by atoms with E-state index < -0.39 is 17.6 Å². The van der Waals surface area contributed by atoms with Crippen molar-refractivity contribution in [3.63, 3.8) is 0 Å². The van der Waals surface area contributed by atoms with E-state index in [0.29, 0.717) is 11.2 Å². The number of pyridine rings is 1. The molecule has 0 spiro atoms. The lowest BCUT2D eigenvalue weighted by atomic mass is 9.76. The molecule has 0 unspecified atom stereocenters. The van der Waals surface area contributed by atoms with Crippen LogP contribution in [-0.2, 0) is 16.8 Å². The number of carboxylic acids is 1. The normalized spacial score (nSPS) is 12.3. The molecule has 1 aromatic heterocycles. The fraction of sp³-hybridized carbons (Fsp3) is 0.0968. The van der Waals surface area contributed by atoms with E-state index in [2.05, 4.69) is 10.3 Å². The summed E-state index contributed by atoms with van der Waals surface area (Å²) in [4.78, 5) is 17.2. The van der Waals surface area contributed by atoms with E-state index in [-0.39, 0.29) is 6.42 Å². The Morgan fingerprint density at radius 2 is 1.31 bits per heavy atom. The van der Waals surface area contributed by atoms with E-state index in [0.717, 1.165) is 27.6 Å². The van der Waals surface area contributed by atoms with E-state index >= 15 is 0 Å². The minimum atomic E-state index is -0.934. The van der Waals surface area contributed by atoms with Crippen molar-refractivity contribution in [3.8, 4) is 0 Å². The minimum absolute atomic E-state index is 0.256. The molecule has 5 aromatic rings. The van der Waals surface area contributed by atoms with Crippen LogP contribution in [0.2, 0.25) is 0 Å². The highest BCUT2D eigenvalue weighted by molar-refractivity contribution is 5.92. The van der Waals surface area contributed by atoms with Crippen LogP contribution in [0, 0.1) is 0 Å². The molecule has 36 heavy (non-hydrogen) atoms. The van der Waals surface area contributed by atoms with Crippen molar-refractivity contribution in [2.75, 3.05) is 5.73 Å². The van der Waals surface area contributed by atoms with Crippen LogP contribution in [0.15, 0.2) is 121 Å². The van der Waals surface area contributed by atoms with Gasteiger partial charge in [-0.15, -0.1) is 0 Å². The van der Waals surface area contributed by atoms with Gasteiger partial charge in [-0.1, -0.05) is 103 Å². The van der Waals surface area contributed by atoms with Crippen LogP contribution in [0.4, 0.5) is 5.69 Å². The van der Waals surface area contributed by atoms with Gasteiger partial charge in [-0.25, -0.2) is 0 Å². The lowest BCUT2D eigenvalue weighted by molar-refractivity contribution is -0.139. The van der Waals surface area contributed by atoms with Gasteiger partial charge in [-0.3, -0.25) is 15.1 Å². The summed E-state index contributed by atoms with van der Waals surface area (Å²) in [6.45, 7) is 0. The molecule has 0 aliphatic heterocycles. The summed E-state index contributed by atoms with van der Waals surface area (Å²) in [5, 5.41) is 14.9. The fourth-order valence-corrected chi connectivity index (χ4v) is 4.93. The third-order valence-corrected chi connectivity index (χ3v) is 6.62. The highest BCUT2D eigenvalue weighted by Gasteiger charge is 2.40. The highest BCUT2D eigenvalue weighted by atomic mass is 16.4. The number of rotatable bonds is 8. The number of nitrogens with one attached hydrogen (secondary N) is 1. The molecule has 0 fully saturated rings. The molecule has 4 aromatic carbocycles. The van der Waals surface area contributed by atoms with Crippen molar-refractivity contribution in [2.45, 2.75) is 18.0 Å². The number of hydrogen-bond donors (Lipinski definition) is 3. The molecule has 0 aliphatic rings. The number of nitrogens with zero attached hydrogens (tertiary/aromatic N) is 1. The average molecular weight is 474 g/mol. The average Bonchev–Trinajstić information content (AvgIpc) is 2.94. The number of nitrogens with two attached hydrogens (primary N) is 1. The quantitative estimate of drug-likeness (QED) is 0.208. The Morgan fingerprint density at radius 1 is 0.778 bits per heavy atom. The number of fused-ring (bicyclic) bond motifs is 1. The molecule has 0 bridgehead atoms. The van der Waals surface area contributed by atoms with Crippen LogP contribution < -0.4 is 11.1 Å². The van der Waals surface area contributed by atoms with Crippen LogP contribution in [0.3, 0.4) is 0 Å². The van der Waals surface area contributed by atoms with Crippen molar-refractivity contribution in [3.05, 3.63) is 144 Å². The summed E-state index contributed by atoms with van der Waals surface area (Å²) in [6, 6.07) is 36.5. The van der Waals surface area contributed by atoms with Gasteiger partial charge in [0.2, 0.25) is 0 Å². The van der Waals surface area contributed by atoms with Crippen molar-refractivity contribution in [1.29, 1.82) is 0 Å². The number of carboxylic acid groups (broad SMARTS) is 1. The van der Waals surface area contributed by atoms with Crippen LogP contribution in [0.25, 0.3) is 10.9 Å². The third kappa shape index (κ3) is 4.32. The Labute approximate surface area is 210 Å². The number of carbonyl (C=O) groups is 1. The second-order valence-electron chi connectivity index (χ2n) is 8.80. The van der Waals surface area contributed by atoms with Gasteiger partial charge in [0.05, 0.1) is 16.7 Å². The Hall–Kier alpha value is -4.48. The predicted molar refractivity (Wildman–Crippen MR) is 144 cm³/mol. The maximum atomic E-state index is 12.8. The number of hydrogen-bond acceptors (Lipinski definition) is 4. The van der Waals surface area contributed by atoms with Crippen molar-refractivity contribution >= 4 is 22.6 Å². The Morgan fingerprint density at radius 3 is 1.81 bits per heavy atom. The van der Waals surface area contributed by atoms with Crippen LogP contribution in [-0.4, -0.2) is 22.1 Å². The van der Waals surface area contributed by atoms with E-state index in [1.165, 1.54) is 0 Å². The van der Waals surface area contributed by atoms with Crippen LogP contribution in [0.1, 0.15) is 22.3 Å². The number of aliphatic carboxylic acids is 1. The Balaban J connectivity index is 1.68. The summed E-state index contributed by atoms with van der Waals surface area (Å²) < 4.78 is 0. The molecular weight excluding hydrogens is 446 g/mol. The predicted octanol–water partition coefficient (Wildman–Crippen LogP) is 5.39. The van der Waals surface area contributed by atoms with Gasteiger partial charge < -0.3 is 10.8 Å². The first-order valence-corrected chi connectivity index (χ1v) is 11.9. The van der Waals surface area contributed by atoms with E-state index in [4.69, 9.17) is 5.73 Å². The standard InChI is InChI=1S/C31H27N3O2/c32-27-19-18-22(26-17-10-20-33-29(26)27)21-28(30(35)36)34-31(23-11-4-1-5-12-23,24-13-6-2-7-14-24)25-15-8-3-9-16-25/h1-20,28,34H,21,32H2,(H,35,36)/t28-/m0/s1. The molecule has 1 atom stereocenters. The van der Waals surface area contributed by atoms with E-state index in [1.807, 2.05) is 109 Å². The topological polar surface area (TPSA) is 88.2 Å². The van der Waals surface area contributed by atoms with Gasteiger partial charge in [0, 0.05) is 11.6 Å². The molecule has 0 radical (unpaired) electrons. The summed E-state index contributed by atoms with van der Waals surface area (Å²) in [6.07, 6.45) is 1.95. The summed E-state index contributed by atoms with van der Waals surface area (Å²) in [7, 11) is 0. The largest absolute Gasteiger partial charge is 0.480 e. The second-order valence-corrected chi connectivity index (χ2v) is 8.80. The number of anilines is 1. The lowest BCUT2D eigenvalue weighted by Gasteiger charge is -2.39. The van der Waals surface area contributed by atoms with Crippen molar-refractivity contribution in [2.24, 2.45) is 0 Å². The van der Waals surface area contributed by atoms with E-state index in [9.17, 15) is 9.90 Å². The zero-order valence-electron chi connectivity index (χ0n) is 19.7. The number of benzene rings is 4. The lowest BCUT2D eigenvalue weighted by Crippen LogP contribution is -2.53. The first-order valence-electron chi connectivity index (χ1n) is 11.9. The maximum Gasteiger partial charge on any atom is 0.321 e. The SMILES string of the molecule is Nc1ccc(C[C@H](NC(c2ccccc2)(c2ccccc2)c2ccccc2)C(=O)O)c2cccnc12. The van der Waals surface area contributed by atoms with E-state index in [1.54, 1.807) is 12.3 Å². The van der Waals surface area contributed by atoms with Gasteiger partial charge >= 0.3 is 5.97 Å². The van der Waals surface area contributed by atoms with Gasteiger partial charge in [0.15, 0.2) is 0 Å². The van der Waals surface area contributed by atoms with Crippen molar-refractivity contribution < 1.29 is 9.90 Å². The maximum absolute atomic E-state index is 12.8. The minimum Gasteiger partial charge on any atom is -0.480 e. The Bertz CT molecular complexity index is 1380. The first kappa shape index (κ1) is 23.3. The zero-order chi connectivity index (χ0) is 25.0.